The summed E-state index contributed by atoms with van der Waals surface area (Å²) in [4.78, 5) is 13.9. The molecular formula is C14H18BrNO2. The summed E-state index contributed by atoms with van der Waals surface area (Å²) in [6.07, 6.45) is 0.530. The summed E-state index contributed by atoms with van der Waals surface area (Å²) >= 11 is 3.44. The topological polar surface area (TPSA) is 40.5 Å². The quantitative estimate of drug-likeness (QED) is 0.932. The molecule has 1 amide bonds. The number of carbonyl (C=O) groups is 1. The third-order valence-electron chi connectivity index (χ3n) is 3.39. The minimum absolute atomic E-state index is 0.0114. The number of aliphatic hydroxyl groups excluding tert-OH is 1. The van der Waals surface area contributed by atoms with E-state index in [1.54, 1.807) is 4.90 Å². The summed E-state index contributed by atoms with van der Waals surface area (Å²) in [6.45, 7) is 4.56. The lowest BCUT2D eigenvalue weighted by molar-refractivity contribution is -0.120. The van der Waals surface area contributed by atoms with Crippen LogP contribution >= 0.6 is 15.9 Å². The lowest BCUT2D eigenvalue weighted by Gasteiger charge is -2.21. The Morgan fingerprint density at radius 3 is 2.89 bits per heavy atom. The molecule has 1 aliphatic rings. The largest absolute Gasteiger partial charge is 0.392 e. The minimum Gasteiger partial charge on any atom is -0.392 e. The Kier molecular flexibility index (Phi) is 4.07. The molecule has 0 spiro atoms. The van der Waals surface area contributed by atoms with Crippen molar-refractivity contribution in [2.24, 2.45) is 5.92 Å². The fourth-order valence-corrected chi connectivity index (χ4v) is 2.56. The van der Waals surface area contributed by atoms with Gasteiger partial charge in [0.25, 0.3) is 0 Å². The molecule has 0 aromatic heterocycles. The van der Waals surface area contributed by atoms with Crippen LogP contribution in [0.15, 0.2) is 22.7 Å². The molecule has 1 aromatic rings. The van der Waals surface area contributed by atoms with Gasteiger partial charge in [0.2, 0.25) is 5.91 Å². The van der Waals surface area contributed by atoms with Crippen molar-refractivity contribution in [1.29, 1.82) is 0 Å². The van der Waals surface area contributed by atoms with Crippen LogP contribution in [0.4, 0.5) is 5.69 Å². The lowest BCUT2D eigenvalue weighted by atomic mass is 10.0. The van der Waals surface area contributed by atoms with Crippen molar-refractivity contribution in [1.82, 2.24) is 0 Å². The van der Waals surface area contributed by atoms with Crippen LogP contribution in [0.2, 0.25) is 0 Å². The summed E-state index contributed by atoms with van der Waals surface area (Å²) in [5.74, 6) is 0.123. The van der Waals surface area contributed by atoms with E-state index in [0.717, 1.165) is 23.1 Å². The zero-order valence-corrected chi connectivity index (χ0v) is 12.3. The van der Waals surface area contributed by atoms with Crippen molar-refractivity contribution in [3.05, 3.63) is 28.2 Å². The van der Waals surface area contributed by atoms with Gasteiger partial charge in [0.15, 0.2) is 0 Å². The molecule has 0 bridgehead atoms. The fourth-order valence-electron chi connectivity index (χ4n) is 2.15. The average molecular weight is 312 g/mol. The van der Waals surface area contributed by atoms with E-state index in [4.69, 9.17) is 0 Å². The number of amides is 1. The Morgan fingerprint density at radius 1 is 1.50 bits per heavy atom. The number of fused-ring (bicyclic) bond motifs is 1. The lowest BCUT2D eigenvalue weighted by Crippen LogP contribution is -2.33. The van der Waals surface area contributed by atoms with E-state index in [2.05, 4.69) is 22.0 Å². The van der Waals surface area contributed by atoms with Crippen LogP contribution in [0.3, 0.4) is 0 Å². The maximum absolute atomic E-state index is 12.2. The molecule has 1 aromatic carbocycles. The van der Waals surface area contributed by atoms with Gasteiger partial charge in [-0.2, -0.15) is 0 Å². The van der Waals surface area contributed by atoms with Gasteiger partial charge in [0.1, 0.15) is 0 Å². The molecule has 0 saturated heterocycles. The number of nitrogens with zero attached hydrogens (tertiary/aromatic N) is 1. The van der Waals surface area contributed by atoms with Crippen molar-refractivity contribution in [2.45, 2.75) is 32.8 Å². The predicted molar refractivity (Wildman–Crippen MR) is 75.7 cm³/mol. The van der Waals surface area contributed by atoms with Crippen LogP contribution in [0.25, 0.3) is 0 Å². The summed E-state index contributed by atoms with van der Waals surface area (Å²) in [5, 5.41) is 9.79. The van der Waals surface area contributed by atoms with E-state index in [0.29, 0.717) is 0 Å². The van der Waals surface area contributed by atoms with Crippen LogP contribution in [-0.4, -0.2) is 23.7 Å². The molecule has 0 saturated carbocycles. The molecule has 0 aliphatic carbocycles. The van der Waals surface area contributed by atoms with Gasteiger partial charge in [-0.1, -0.05) is 29.8 Å². The Morgan fingerprint density at radius 2 is 2.22 bits per heavy atom. The first-order chi connectivity index (χ1) is 8.49. The highest BCUT2D eigenvalue weighted by atomic mass is 79.9. The number of anilines is 1. The Hall–Kier alpha value is -0.870. The smallest absolute Gasteiger partial charge is 0.229 e. The first-order valence-corrected chi connectivity index (χ1v) is 7.05. The van der Waals surface area contributed by atoms with Gasteiger partial charge in [-0.25, -0.2) is 0 Å². The van der Waals surface area contributed by atoms with Gasteiger partial charge in [-0.05, 0) is 36.1 Å². The van der Waals surface area contributed by atoms with E-state index in [9.17, 15) is 9.90 Å². The standard InChI is InChI=1S/C14H18BrNO2/c1-9(2)13(17)8-14(18)16-6-5-10-7-11(15)3-4-12(10)16/h3-4,7,9,13,17H,5-6,8H2,1-2H3. The highest BCUT2D eigenvalue weighted by molar-refractivity contribution is 9.10. The zero-order valence-electron chi connectivity index (χ0n) is 10.7. The van der Waals surface area contributed by atoms with E-state index in [-0.39, 0.29) is 18.2 Å². The molecule has 1 heterocycles. The summed E-state index contributed by atoms with van der Waals surface area (Å²) in [5.41, 5.74) is 2.18. The second kappa shape index (κ2) is 5.41. The summed E-state index contributed by atoms with van der Waals surface area (Å²) in [6, 6.07) is 5.97. The molecule has 1 atom stereocenters. The SMILES string of the molecule is CC(C)C(O)CC(=O)N1CCc2cc(Br)ccc21. The van der Waals surface area contributed by atoms with Gasteiger partial charge in [-0.15, -0.1) is 0 Å². The molecule has 2 rings (SSSR count). The van der Waals surface area contributed by atoms with Crippen LogP contribution in [0, 0.1) is 5.92 Å². The highest BCUT2D eigenvalue weighted by Crippen LogP contribution is 2.31. The molecule has 98 valence electrons. The monoisotopic (exact) mass is 311 g/mol. The number of hydrogen-bond acceptors (Lipinski definition) is 2. The van der Waals surface area contributed by atoms with Crippen LogP contribution < -0.4 is 4.90 Å². The van der Waals surface area contributed by atoms with E-state index in [1.807, 2.05) is 26.0 Å². The number of benzene rings is 1. The molecular weight excluding hydrogens is 294 g/mol. The Balaban J connectivity index is 2.11. The predicted octanol–water partition coefficient (Wildman–Crippen LogP) is 2.75. The van der Waals surface area contributed by atoms with Crippen LogP contribution in [0.1, 0.15) is 25.8 Å². The maximum Gasteiger partial charge on any atom is 0.229 e. The Labute approximate surface area is 116 Å². The molecule has 0 fully saturated rings. The molecule has 1 aliphatic heterocycles. The van der Waals surface area contributed by atoms with E-state index in [1.165, 1.54) is 5.56 Å². The molecule has 3 nitrogen and oxygen atoms in total. The van der Waals surface area contributed by atoms with Gasteiger partial charge >= 0.3 is 0 Å². The first-order valence-electron chi connectivity index (χ1n) is 6.26. The molecule has 4 heteroatoms. The molecule has 0 radical (unpaired) electrons. The molecule has 18 heavy (non-hydrogen) atoms. The van der Waals surface area contributed by atoms with Crippen LogP contribution in [0.5, 0.6) is 0 Å². The van der Waals surface area contributed by atoms with Crippen molar-refractivity contribution in [3.8, 4) is 0 Å². The number of halogens is 1. The van der Waals surface area contributed by atoms with Crippen LogP contribution in [-0.2, 0) is 11.2 Å². The molecule has 1 unspecified atom stereocenters. The third-order valence-corrected chi connectivity index (χ3v) is 3.88. The second-order valence-corrected chi connectivity index (χ2v) is 6.00. The van der Waals surface area contributed by atoms with Gasteiger partial charge in [0, 0.05) is 16.7 Å². The van der Waals surface area contributed by atoms with Gasteiger partial charge in [0.05, 0.1) is 12.5 Å². The van der Waals surface area contributed by atoms with Crippen molar-refractivity contribution in [3.63, 3.8) is 0 Å². The fraction of sp³-hybridized carbons (Fsp3) is 0.500. The van der Waals surface area contributed by atoms with Gasteiger partial charge in [-0.3, -0.25) is 4.79 Å². The van der Waals surface area contributed by atoms with Crippen molar-refractivity contribution in [2.75, 3.05) is 11.4 Å². The highest BCUT2D eigenvalue weighted by Gasteiger charge is 2.26. The average Bonchev–Trinajstić information content (AvgIpc) is 2.71. The van der Waals surface area contributed by atoms with E-state index < -0.39 is 6.10 Å². The molecule has 1 N–H and O–H groups in total. The second-order valence-electron chi connectivity index (χ2n) is 5.08. The third kappa shape index (κ3) is 2.75. The summed E-state index contributed by atoms with van der Waals surface area (Å²) < 4.78 is 1.04. The summed E-state index contributed by atoms with van der Waals surface area (Å²) in [7, 11) is 0. The van der Waals surface area contributed by atoms with Crippen molar-refractivity contribution >= 4 is 27.5 Å². The minimum atomic E-state index is -0.558. The zero-order chi connectivity index (χ0) is 13.3. The maximum atomic E-state index is 12.2. The van der Waals surface area contributed by atoms with Gasteiger partial charge < -0.3 is 10.0 Å². The number of carbonyl (C=O) groups excluding carboxylic acids is 1. The number of aliphatic hydroxyl groups is 1. The normalized spacial score (nSPS) is 15.9. The number of rotatable bonds is 3. The first kappa shape index (κ1) is 13.6. The van der Waals surface area contributed by atoms with E-state index >= 15 is 0 Å². The van der Waals surface area contributed by atoms with Crippen molar-refractivity contribution < 1.29 is 9.90 Å². The number of hydrogen-bond donors (Lipinski definition) is 1. The Bertz CT molecular complexity index is 459.